The van der Waals surface area contributed by atoms with E-state index in [1.807, 2.05) is 36.4 Å². The first kappa shape index (κ1) is 11.3. The maximum atomic E-state index is 10.6. The number of para-hydroxylation sites is 1. The van der Waals surface area contributed by atoms with Crippen LogP contribution < -0.4 is 11.1 Å². The second-order valence-electron chi connectivity index (χ2n) is 3.30. The van der Waals surface area contributed by atoms with Gasteiger partial charge in [0.25, 0.3) is 0 Å². The van der Waals surface area contributed by atoms with Crippen LogP contribution in [0.1, 0.15) is 18.9 Å². The van der Waals surface area contributed by atoms with Crippen LogP contribution in [0, 0.1) is 0 Å². The highest BCUT2D eigenvalue weighted by Crippen LogP contribution is 2.12. The molecule has 0 aliphatic rings. The number of nitrogen functional groups attached to an aromatic ring is 1. The molecule has 0 bridgehead atoms. The van der Waals surface area contributed by atoms with Gasteiger partial charge in [0.1, 0.15) is 0 Å². The van der Waals surface area contributed by atoms with E-state index >= 15 is 0 Å². The number of amides is 1. The molecule has 3 nitrogen and oxygen atoms in total. The Kier molecular flexibility index (Phi) is 4.41. The fraction of sp³-hybridized carbons (Fsp3) is 0.250. The molecule has 80 valence electrons. The van der Waals surface area contributed by atoms with Crippen molar-refractivity contribution in [3.8, 4) is 0 Å². The number of hydrogen-bond acceptors (Lipinski definition) is 2. The van der Waals surface area contributed by atoms with E-state index in [0.717, 1.165) is 17.7 Å². The first-order valence-corrected chi connectivity index (χ1v) is 4.95. The average molecular weight is 204 g/mol. The van der Waals surface area contributed by atoms with Crippen molar-refractivity contribution in [3.05, 3.63) is 35.9 Å². The molecule has 0 aliphatic carbocycles. The lowest BCUT2D eigenvalue weighted by molar-refractivity contribution is -0.118. The molecule has 15 heavy (non-hydrogen) atoms. The summed E-state index contributed by atoms with van der Waals surface area (Å²) in [7, 11) is 0. The zero-order chi connectivity index (χ0) is 11.1. The third-order valence-corrected chi connectivity index (χ3v) is 1.98. The highest BCUT2D eigenvalue weighted by Gasteiger charge is 1.91. The zero-order valence-corrected chi connectivity index (χ0v) is 8.86. The standard InChI is InChI=1S/C12H16N2O/c1-10(15)14-9-5-4-7-11-6-2-3-8-12(11)13/h2-4,6-8H,5,9,13H2,1H3,(H,14,15). The fourth-order valence-corrected chi connectivity index (χ4v) is 1.20. The van der Waals surface area contributed by atoms with Gasteiger partial charge in [0.15, 0.2) is 0 Å². The SMILES string of the molecule is CC(=O)NCCC=Cc1ccccc1N. The lowest BCUT2D eigenvalue weighted by Gasteiger charge is -1.99. The van der Waals surface area contributed by atoms with Crippen molar-refractivity contribution in [2.75, 3.05) is 12.3 Å². The van der Waals surface area contributed by atoms with Crippen molar-refractivity contribution in [3.63, 3.8) is 0 Å². The molecule has 3 heteroatoms. The summed E-state index contributed by atoms with van der Waals surface area (Å²) in [4.78, 5) is 10.6. The molecule has 0 fully saturated rings. The lowest BCUT2D eigenvalue weighted by atomic mass is 10.1. The minimum Gasteiger partial charge on any atom is -0.398 e. The molecule has 0 aromatic heterocycles. The van der Waals surface area contributed by atoms with Gasteiger partial charge in [0.05, 0.1) is 0 Å². The van der Waals surface area contributed by atoms with Crippen LogP contribution in [0.5, 0.6) is 0 Å². The normalized spacial score (nSPS) is 10.5. The molecule has 0 aliphatic heterocycles. The predicted molar refractivity (Wildman–Crippen MR) is 63.2 cm³/mol. The molecule has 1 aromatic rings. The van der Waals surface area contributed by atoms with Gasteiger partial charge >= 0.3 is 0 Å². The van der Waals surface area contributed by atoms with Crippen LogP contribution in [0.2, 0.25) is 0 Å². The van der Waals surface area contributed by atoms with E-state index in [2.05, 4.69) is 5.32 Å². The second-order valence-corrected chi connectivity index (χ2v) is 3.30. The number of rotatable bonds is 4. The van der Waals surface area contributed by atoms with Crippen LogP contribution in [0.3, 0.4) is 0 Å². The Morgan fingerprint density at radius 2 is 2.20 bits per heavy atom. The summed E-state index contributed by atoms with van der Waals surface area (Å²) in [5, 5.41) is 2.72. The van der Waals surface area contributed by atoms with E-state index in [4.69, 9.17) is 5.73 Å². The molecule has 0 unspecified atom stereocenters. The van der Waals surface area contributed by atoms with Crippen molar-refractivity contribution in [1.29, 1.82) is 0 Å². The molecule has 0 heterocycles. The van der Waals surface area contributed by atoms with Crippen LogP contribution >= 0.6 is 0 Å². The van der Waals surface area contributed by atoms with Crippen molar-refractivity contribution < 1.29 is 4.79 Å². The molecule has 1 aromatic carbocycles. The van der Waals surface area contributed by atoms with Gasteiger partial charge in [-0.2, -0.15) is 0 Å². The third-order valence-electron chi connectivity index (χ3n) is 1.98. The van der Waals surface area contributed by atoms with Crippen molar-refractivity contribution in [2.45, 2.75) is 13.3 Å². The Bertz CT molecular complexity index is 358. The van der Waals surface area contributed by atoms with Gasteiger partial charge < -0.3 is 11.1 Å². The van der Waals surface area contributed by atoms with E-state index in [1.54, 1.807) is 0 Å². The highest BCUT2D eigenvalue weighted by atomic mass is 16.1. The van der Waals surface area contributed by atoms with Crippen molar-refractivity contribution >= 4 is 17.7 Å². The maximum Gasteiger partial charge on any atom is 0.216 e. The molecule has 0 spiro atoms. The quantitative estimate of drug-likeness (QED) is 0.580. The smallest absolute Gasteiger partial charge is 0.216 e. The van der Waals surface area contributed by atoms with Crippen LogP contribution in [-0.2, 0) is 4.79 Å². The molecular formula is C12H16N2O. The molecule has 1 rings (SSSR count). The Balaban J connectivity index is 2.38. The summed E-state index contributed by atoms with van der Waals surface area (Å²) in [6.07, 6.45) is 4.78. The van der Waals surface area contributed by atoms with Gasteiger partial charge in [-0.1, -0.05) is 30.4 Å². The molecule has 3 N–H and O–H groups in total. The van der Waals surface area contributed by atoms with Gasteiger partial charge in [0, 0.05) is 19.2 Å². The van der Waals surface area contributed by atoms with Crippen LogP contribution in [0.4, 0.5) is 5.69 Å². The van der Waals surface area contributed by atoms with E-state index in [1.165, 1.54) is 6.92 Å². The highest BCUT2D eigenvalue weighted by molar-refractivity contribution is 5.72. The minimum atomic E-state index is 0.00243. The second kappa shape index (κ2) is 5.86. The van der Waals surface area contributed by atoms with Crippen molar-refractivity contribution in [2.24, 2.45) is 0 Å². The lowest BCUT2D eigenvalue weighted by Crippen LogP contribution is -2.20. The van der Waals surface area contributed by atoms with Crippen molar-refractivity contribution in [1.82, 2.24) is 5.32 Å². The molecule has 0 atom stereocenters. The van der Waals surface area contributed by atoms with Gasteiger partial charge in [-0.15, -0.1) is 0 Å². The van der Waals surface area contributed by atoms with E-state index in [0.29, 0.717) is 6.54 Å². The van der Waals surface area contributed by atoms with Crippen LogP contribution in [-0.4, -0.2) is 12.5 Å². The number of carbonyl (C=O) groups excluding carboxylic acids is 1. The summed E-state index contributed by atoms with van der Waals surface area (Å²) in [5.41, 5.74) is 7.55. The number of benzene rings is 1. The Labute approximate surface area is 90.0 Å². The number of nitrogens with one attached hydrogen (secondary N) is 1. The van der Waals surface area contributed by atoms with Gasteiger partial charge in [-0.3, -0.25) is 4.79 Å². The predicted octanol–water partition coefficient (Wildman–Crippen LogP) is 1.81. The number of anilines is 1. The molecule has 0 saturated carbocycles. The van der Waals surface area contributed by atoms with E-state index < -0.39 is 0 Å². The monoisotopic (exact) mass is 204 g/mol. The number of nitrogens with two attached hydrogens (primary N) is 1. The van der Waals surface area contributed by atoms with E-state index in [-0.39, 0.29) is 5.91 Å². The topological polar surface area (TPSA) is 55.1 Å². The fourth-order valence-electron chi connectivity index (χ4n) is 1.20. The molecular weight excluding hydrogens is 188 g/mol. The summed E-state index contributed by atoms with van der Waals surface area (Å²) >= 11 is 0. The first-order valence-electron chi connectivity index (χ1n) is 4.95. The summed E-state index contributed by atoms with van der Waals surface area (Å²) in [6.45, 7) is 2.18. The molecule has 0 radical (unpaired) electrons. The number of carbonyl (C=O) groups is 1. The Hall–Kier alpha value is -1.77. The van der Waals surface area contributed by atoms with Crippen LogP contribution in [0.15, 0.2) is 30.3 Å². The Morgan fingerprint density at radius 3 is 2.87 bits per heavy atom. The van der Waals surface area contributed by atoms with Crippen LogP contribution in [0.25, 0.3) is 6.08 Å². The van der Waals surface area contributed by atoms with E-state index in [9.17, 15) is 4.79 Å². The minimum absolute atomic E-state index is 0.00243. The van der Waals surface area contributed by atoms with Gasteiger partial charge in [-0.25, -0.2) is 0 Å². The summed E-state index contributed by atoms with van der Waals surface area (Å²) in [5.74, 6) is 0.00243. The third kappa shape index (κ3) is 4.31. The molecule has 1 amide bonds. The summed E-state index contributed by atoms with van der Waals surface area (Å²) < 4.78 is 0. The first-order chi connectivity index (χ1) is 7.20. The van der Waals surface area contributed by atoms with Gasteiger partial charge in [0.2, 0.25) is 5.91 Å². The Morgan fingerprint density at radius 1 is 1.47 bits per heavy atom. The van der Waals surface area contributed by atoms with Gasteiger partial charge in [-0.05, 0) is 18.1 Å². The maximum absolute atomic E-state index is 10.6. The zero-order valence-electron chi connectivity index (χ0n) is 8.86. The largest absolute Gasteiger partial charge is 0.398 e. The number of hydrogen-bond donors (Lipinski definition) is 2. The molecule has 0 saturated heterocycles. The average Bonchev–Trinajstić information content (AvgIpc) is 2.20. The summed E-state index contributed by atoms with van der Waals surface area (Å²) in [6, 6.07) is 7.69.